The van der Waals surface area contributed by atoms with Gasteiger partial charge in [-0.1, -0.05) is 68.4 Å². The van der Waals surface area contributed by atoms with Crippen LogP contribution in [0.5, 0.6) is 0 Å². The molecule has 2 aromatic carbocycles. The first-order chi connectivity index (χ1) is 22.0. The number of rotatable bonds is 15. The van der Waals surface area contributed by atoms with Crippen molar-refractivity contribution in [2.24, 2.45) is 11.8 Å². The molecule has 0 amide bonds. The first-order valence-corrected chi connectivity index (χ1v) is 15.5. The van der Waals surface area contributed by atoms with Crippen molar-refractivity contribution in [1.82, 2.24) is 0 Å². The van der Waals surface area contributed by atoms with Gasteiger partial charge in [0.15, 0.2) is 18.4 Å². The molecule has 0 aromatic heterocycles. The molecule has 0 spiro atoms. The molecule has 13 nitrogen and oxygen atoms in total. The Kier molecular flexibility index (Phi) is 13.6. The maximum absolute atomic E-state index is 12.6. The van der Waals surface area contributed by atoms with E-state index in [1.807, 2.05) is 44.2 Å². The molecule has 4 rings (SSSR count). The molecule has 13 heteroatoms. The van der Waals surface area contributed by atoms with Crippen LogP contribution in [-0.4, -0.2) is 129 Å². The van der Waals surface area contributed by atoms with Crippen molar-refractivity contribution in [1.29, 1.82) is 0 Å². The van der Waals surface area contributed by atoms with Crippen LogP contribution in [-0.2, 0) is 30.3 Å². The third-order valence-electron chi connectivity index (χ3n) is 8.23. The second-order valence-corrected chi connectivity index (χ2v) is 12.2. The minimum absolute atomic E-state index is 0.0190. The first-order valence-electron chi connectivity index (χ1n) is 15.5. The molecular weight excluding hydrogens is 604 g/mol. The molecule has 0 saturated carbocycles. The highest BCUT2D eigenvalue weighted by atomic mass is 16.7. The molecule has 0 radical (unpaired) electrons. The van der Waals surface area contributed by atoms with E-state index in [1.165, 1.54) is 0 Å². The normalized spacial score (nSPS) is 33.0. The average molecular weight is 651 g/mol. The summed E-state index contributed by atoms with van der Waals surface area (Å²) in [7, 11) is 0. The van der Waals surface area contributed by atoms with E-state index in [1.54, 1.807) is 24.3 Å². The first kappa shape index (κ1) is 36.5. The second kappa shape index (κ2) is 17.2. The number of ether oxygens (including phenoxy) is 5. The fraction of sp³-hybridized carbons (Fsp3) is 0.606. The number of hydrogen-bond donors (Lipinski definition) is 7. The Labute approximate surface area is 267 Å². The Morgan fingerprint density at radius 1 is 0.717 bits per heavy atom. The van der Waals surface area contributed by atoms with E-state index in [0.29, 0.717) is 24.3 Å². The predicted octanol–water partition coefficient (Wildman–Crippen LogP) is -0.263. The number of aliphatic hydroxyl groups excluding tert-OH is 7. The minimum atomic E-state index is -1.74. The standard InChI is InChI=1S/C33H46O13/c1-18(15-42-17-20-8-10-22(11-9-20)25(36)21-6-4-3-5-7-21)12-19(2)16-43-32-30(41)28(39)31(24(14-35)45-32)46-33-29(40)27(38)26(37)23(13-34)44-33/h3-11,18-19,23-24,26-35,37-41H,12-17H2,1-2H3. The van der Waals surface area contributed by atoms with Crippen molar-refractivity contribution in [2.75, 3.05) is 26.4 Å². The Morgan fingerprint density at radius 3 is 1.96 bits per heavy atom. The second-order valence-electron chi connectivity index (χ2n) is 12.2. The SMILES string of the molecule is CC(COCc1ccc(C(=O)c2ccccc2)cc1)CC(C)COC1OC(CO)C(OC2OC(CO)C(O)C(O)C2O)C(O)C1O. The van der Waals surface area contributed by atoms with E-state index in [2.05, 4.69) is 0 Å². The van der Waals surface area contributed by atoms with E-state index >= 15 is 0 Å². The lowest BCUT2D eigenvalue weighted by molar-refractivity contribution is -0.360. The van der Waals surface area contributed by atoms with Crippen LogP contribution in [0.15, 0.2) is 54.6 Å². The molecule has 2 aromatic rings. The van der Waals surface area contributed by atoms with Crippen molar-refractivity contribution >= 4 is 5.78 Å². The summed E-state index contributed by atoms with van der Waals surface area (Å²) in [6, 6.07) is 16.4. The molecule has 2 aliphatic heterocycles. The number of carbonyl (C=O) groups is 1. The summed E-state index contributed by atoms with van der Waals surface area (Å²) in [5.41, 5.74) is 2.19. The molecule has 2 heterocycles. The van der Waals surface area contributed by atoms with Gasteiger partial charge in [0.1, 0.15) is 48.8 Å². The van der Waals surface area contributed by atoms with Gasteiger partial charge in [-0.15, -0.1) is 0 Å². The van der Waals surface area contributed by atoms with Gasteiger partial charge in [0, 0.05) is 17.7 Å². The summed E-state index contributed by atoms with van der Waals surface area (Å²) in [5, 5.41) is 71.1. The van der Waals surface area contributed by atoms with Gasteiger partial charge in [0.2, 0.25) is 0 Å². The quantitative estimate of drug-likeness (QED) is 0.124. The van der Waals surface area contributed by atoms with E-state index in [0.717, 1.165) is 12.0 Å². The fourth-order valence-corrected chi connectivity index (χ4v) is 5.66. The summed E-state index contributed by atoms with van der Waals surface area (Å²) < 4.78 is 28.2. The van der Waals surface area contributed by atoms with Gasteiger partial charge in [-0.25, -0.2) is 0 Å². The maximum Gasteiger partial charge on any atom is 0.193 e. The van der Waals surface area contributed by atoms with Crippen LogP contribution in [0.2, 0.25) is 0 Å². The Balaban J connectivity index is 1.19. The van der Waals surface area contributed by atoms with Crippen LogP contribution in [0, 0.1) is 11.8 Å². The van der Waals surface area contributed by atoms with Gasteiger partial charge in [-0.05, 0) is 23.8 Å². The highest BCUT2D eigenvalue weighted by Crippen LogP contribution is 2.30. The minimum Gasteiger partial charge on any atom is -0.394 e. The zero-order valence-corrected chi connectivity index (χ0v) is 25.9. The predicted molar refractivity (Wildman–Crippen MR) is 161 cm³/mol. The van der Waals surface area contributed by atoms with Crippen molar-refractivity contribution in [3.8, 4) is 0 Å². The molecule has 46 heavy (non-hydrogen) atoms. The molecule has 2 fully saturated rings. The van der Waals surface area contributed by atoms with Crippen molar-refractivity contribution in [3.63, 3.8) is 0 Å². The van der Waals surface area contributed by atoms with Crippen molar-refractivity contribution in [3.05, 3.63) is 71.3 Å². The molecule has 12 atom stereocenters. The summed E-state index contributed by atoms with van der Waals surface area (Å²) in [6.45, 7) is 3.74. The van der Waals surface area contributed by atoms with Crippen LogP contribution >= 0.6 is 0 Å². The molecule has 256 valence electrons. The number of ketones is 1. The van der Waals surface area contributed by atoms with E-state index in [9.17, 15) is 40.5 Å². The highest BCUT2D eigenvalue weighted by Gasteiger charge is 2.50. The van der Waals surface area contributed by atoms with Crippen molar-refractivity contribution < 1.29 is 64.2 Å². The Morgan fingerprint density at radius 2 is 1.30 bits per heavy atom. The molecular formula is C33H46O13. The van der Waals surface area contributed by atoms with Gasteiger partial charge in [-0.3, -0.25) is 4.79 Å². The van der Waals surface area contributed by atoms with Crippen LogP contribution < -0.4 is 0 Å². The van der Waals surface area contributed by atoms with E-state index in [-0.39, 0.29) is 24.2 Å². The average Bonchev–Trinajstić information content (AvgIpc) is 3.06. The number of aliphatic hydroxyl groups is 7. The number of benzene rings is 2. The van der Waals surface area contributed by atoms with Gasteiger partial charge < -0.3 is 59.4 Å². The maximum atomic E-state index is 12.6. The number of hydrogen-bond acceptors (Lipinski definition) is 13. The van der Waals surface area contributed by atoms with Gasteiger partial charge in [0.05, 0.1) is 26.4 Å². The van der Waals surface area contributed by atoms with Crippen molar-refractivity contribution in [2.45, 2.75) is 88.3 Å². The van der Waals surface area contributed by atoms with Crippen LogP contribution in [0.1, 0.15) is 41.8 Å². The van der Waals surface area contributed by atoms with Gasteiger partial charge >= 0.3 is 0 Å². The van der Waals surface area contributed by atoms with E-state index in [4.69, 9.17) is 23.7 Å². The zero-order valence-electron chi connectivity index (χ0n) is 25.9. The molecule has 0 bridgehead atoms. The molecule has 2 aliphatic rings. The van der Waals surface area contributed by atoms with Gasteiger partial charge in [-0.2, -0.15) is 0 Å². The fourth-order valence-electron chi connectivity index (χ4n) is 5.66. The zero-order chi connectivity index (χ0) is 33.4. The topological polar surface area (TPSA) is 205 Å². The summed E-state index contributed by atoms with van der Waals surface area (Å²) in [5.74, 6) is 0.152. The highest BCUT2D eigenvalue weighted by molar-refractivity contribution is 6.08. The summed E-state index contributed by atoms with van der Waals surface area (Å²) >= 11 is 0. The molecule has 12 unspecified atom stereocenters. The number of carbonyl (C=O) groups excluding carboxylic acids is 1. The molecule has 0 aliphatic carbocycles. The third kappa shape index (κ3) is 9.16. The Bertz CT molecular complexity index is 1190. The van der Waals surface area contributed by atoms with Gasteiger partial charge in [0.25, 0.3) is 0 Å². The third-order valence-corrected chi connectivity index (χ3v) is 8.23. The molecule has 7 N–H and O–H groups in total. The largest absolute Gasteiger partial charge is 0.394 e. The lowest BCUT2D eigenvalue weighted by Crippen LogP contribution is -2.64. The van der Waals surface area contributed by atoms with Crippen LogP contribution in [0.4, 0.5) is 0 Å². The lowest BCUT2D eigenvalue weighted by Gasteiger charge is -2.46. The van der Waals surface area contributed by atoms with Crippen LogP contribution in [0.3, 0.4) is 0 Å². The monoisotopic (exact) mass is 650 g/mol. The smallest absolute Gasteiger partial charge is 0.193 e. The lowest BCUT2D eigenvalue weighted by atomic mass is 9.96. The van der Waals surface area contributed by atoms with Crippen LogP contribution in [0.25, 0.3) is 0 Å². The summed E-state index contributed by atoms with van der Waals surface area (Å²) in [4.78, 5) is 12.6. The Hall–Kier alpha value is -2.37. The van der Waals surface area contributed by atoms with E-state index < -0.39 is 74.6 Å². The molecule has 2 saturated heterocycles. The summed E-state index contributed by atoms with van der Waals surface area (Å²) in [6.07, 6.45) is -14.2.